The molecular formula is C13H9BrF3N5. The highest BCUT2D eigenvalue weighted by molar-refractivity contribution is 9.10. The monoisotopic (exact) mass is 371 g/mol. The average Bonchev–Trinajstić information content (AvgIpc) is 2.88. The van der Waals surface area contributed by atoms with Gasteiger partial charge >= 0.3 is 6.18 Å². The average molecular weight is 372 g/mol. The van der Waals surface area contributed by atoms with Crippen molar-refractivity contribution >= 4 is 27.4 Å². The molecule has 0 aliphatic carbocycles. The van der Waals surface area contributed by atoms with Crippen molar-refractivity contribution in [1.29, 1.82) is 0 Å². The molecule has 0 aliphatic heterocycles. The van der Waals surface area contributed by atoms with E-state index in [2.05, 4.69) is 36.5 Å². The summed E-state index contributed by atoms with van der Waals surface area (Å²) in [5.41, 5.74) is 1.01. The summed E-state index contributed by atoms with van der Waals surface area (Å²) in [6.45, 7) is 0.432. The number of hydrogen-bond donors (Lipinski definition) is 1. The van der Waals surface area contributed by atoms with Crippen LogP contribution in [-0.2, 0) is 12.7 Å². The van der Waals surface area contributed by atoms with Crippen LogP contribution < -0.4 is 5.32 Å². The van der Waals surface area contributed by atoms with Crippen molar-refractivity contribution in [3.63, 3.8) is 0 Å². The van der Waals surface area contributed by atoms with Crippen LogP contribution in [-0.4, -0.2) is 19.8 Å². The molecule has 9 heteroatoms. The molecule has 0 saturated heterocycles. The predicted octanol–water partition coefficient (Wildman–Crippen LogP) is 3.52. The zero-order valence-corrected chi connectivity index (χ0v) is 12.6. The molecule has 0 amide bonds. The van der Waals surface area contributed by atoms with Gasteiger partial charge in [-0.25, -0.2) is 0 Å². The molecule has 0 bridgehead atoms. The second kappa shape index (κ2) is 5.56. The van der Waals surface area contributed by atoms with Gasteiger partial charge in [-0.2, -0.15) is 17.7 Å². The Kier molecular flexibility index (Phi) is 3.73. The molecule has 0 radical (unpaired) electrons. The van der Waals surface area contributed by atoms with E-state index in [1.165, 1.54) is 6.07 Å². The van der Waals surface area contributed by atoms with Crippen LogP contribution in [0.4, 0.5) is 19.0 Å². The Hall–Kier alpha value is -2.16. The maximum absolute atomic E-state index is 12.8. The standard InChI is InChI=1S/C13H9BrF3N5/c14-9-3-1-2-8(6-9)7-18-10-4-5-11-19-20-12(13(15,16)17)22(11)21-10/h1-6H,7H2,(H,18,21). The zero-order valence-electron chi connectivity index (χ0n) is 11.0. The van der Waals surface area contributed by atoms with Crippen LogP contribution >= 0.6 is 15.9 Å². The summed E-state index contributed by atoms with van der Waals surface area (Å²) in [6.07, 6.45) is -4.60. The van der Waals surface area contributed by atoms with Crippen molar-refractivity contribution in [2.24, 2.45) is 0 Å². The normalized spacial score (nSPS) is 11.8. The van der Waals surface area contributed by atoms with Gasteiger partial charge in [0, 0.05) is 11.0 Å². The molecule has 114 valence electrons. The van der Waals surface area contributed by atoms with Gasteiger partial charge in [0.15, 0.2) is 5.65 Å². The lowest BCUT2D eigenvalue weighted by Crippen LogP contribution is -2.13. The van der Waals surface area contributed by atoms with Gasteiger partial charge in [-0.05, 0) is 29.8 Å². The number of halogens is 4. The van der Waals surface area contributed by atoms with Crippen LogP contribution in [0.2, 0.25) is 0 Å². The number of hydrogen-bond acceptors (Lipinski definition) is 4. The minimum Gasteiger partial charge on any atom is -0.365 e. The van der Waals surface area contributed by atoms with E-state index in [4.69, 9.17) is 0 Å². The van der Waals surface area contributed by atoms with E-state index in [1.54, 1.807) is 6.07 Å². The summed E-state index contributed by atoms with van der Waals surface area (Å²) in [6, 6.07) is 10.6. The highest BCUT2D eigenvalue weighted by atomic mass is 79.9. The number of nitrogens with one attached hydrogen (secondary N) is 1. The van der Waals surface area contributed by atoms with Gasteiger partial charge in [0.1, 0.15) is 5.82 Å². The second-order valence-corrected chi connectivity index (χ2v) is 5.41. The largest absolute Gasteiger partial charge is 0.453 e. The molecule has 0 unspecified atom stereocenters. The van der Waals surface area contributed by atoms with Gasteiger partial charge in [-0.3, -0.25) is 0 Å². The lowest BCUT2D eigenvalue weighted by molar-refractivity contribution is -0.146. The first-order valence-corrected chi connectivity index (χ1v) is 7.01. The topological polar surface area (TPSA) is 55.1 Å². The molecule has 0 fully saturated rings. The van der Waals surface area contributed by atoms with E-state index in [0.29, 0.717) is 16.9 Å². The molecule has 3 rings (SSSR count). The fourth-order valence-corrected chi connectivity index (χ4v) is 2.35. The number of anilines is 1. The fraction of sp³-hybridized carbons (Fsp3) is 0.154. The Morgan fingerprint density at radius 1 is 1.14 bits per heavy atom. The van der Waals surface area contributed by atoms with Crippen molar-refractivity contribution in [1.82, 2.24) is 19.8 Å². The molecule has 2 aromatic heterocycles. The maximum Gasteiger partial charge on any atom is 0.453 e. The molecule has 0 aliphatic rings. The van der Waals surface area contributed by atoms with Crippen LogP contribution in [0, 0.1) is 0 Å². The maximum atomic E-state index is 12.8. The van der Waals surface area contributed by atoms with Crippen molar-refractivity contribution < 1.29 is 13.2 Å². The third kappa shape index (κ3) is 3.03. The number of rotatable bonds is 3. The zero-order chi connectivity index (χ0) is 15.7. The number of fused-ring (bicyclic) bond motifs is 1. The second-order valence-electron chi connectivity index (χ2n) is 4.49. The van der Waals surface area contributed by atoms with Gasteiger partial charge in [0.05, 0.1) is 0 Å². The number of alkyl halides is 3. The van der Waals surface area contributed by atoms with Crippen LogP contribution in [0.15, 0.2) is 40.9 Å². The van der Waals surface area contributed by atoms with Gasteiger partial charge in [0.25, 0.3) is 5.82 Å². The molecule has 0 spiro atoms. The molecule has 1 aromatic carbocycles. The Labute approximate surface area is 131 Å². The van der Waals surface area contributed by atoms with Crippen LogP contribution in [0.1, 0.15) is 11.4 Å². The van der Waals surface area contributed by atoms with Crippen molar-refractivity contribution in [3.05, 3.63) is 52.3 Å². The first kappa shape index (κ1) is 14.8. The summed E-state index contributed by atoms with van der Waals surface area (Å²) < 4.78 is 40.0. The Bertz CT molecular complexity index is 815. The molecule has 3 aromatic rings. The number of benzene rings is 1. The Morgan fingerprint density at radius 2 is 1.95 bits per heavy atom. The minimum absolute atomic E-state index is 0.0420. The fourth-order valence-electron chi connectivity index (χ4n) is 1.90. The lowest BCUT2D eigenvalue weighted by atomic mass is 10.2. The Balaban J connectivity index is 1.85. The van der Waals surface area contributed by atoms with Gasteiger partial charge < -0.3 is 5.32 Å². The third-order valence-electron chi connectivity index (χ3n) is 2.88. The first-order chi connectivity index (χ1) is 10.4. The molecule has 5 nitrogen and oxygen atoms in total. The van der Waals surface area contributed by atoms with Gasteiger partial charge in [-0.15, -0.1) is 15.3 Å². The van der Waals surface area contributed by atoms with Crippen LogP contribution in [0.25, 0.3) is 5.65 Å². The van der Waals surface area contributed by atoms with E-state index < -0.39 is 12.0 Å². The van der Waals surface area contributed by atoms with Crippen molar-refractivity contribution in [2.45, 2.75) is 12.7 Å². The molecule has 0 saturated carbocycles. The van der Waals surface area contributed by atoms with Crippen LogP contribution in [0.3, 0.4) is 0 Å². The van der Waals surface area contributed by atoms with Crippen molar-refractivity contribution in [2.75, 3.05) is 5.32 Å². The Morgan fingerprint density at radius 3 is 2.68 bits per heavy atom. The number of aromatic nitrogens is 4. The predicted molar refractivity (Wildman–Crippen MR) is 77.3 cm³/mol. The lowest BCUT2D eigenvalue weighted by Gasteiger charge is -2.07. The van der Waals surface area contributed by atoms with E-state index in [0.717, 1.165) is 10.0 Å². The summed E-state index contributed by atoms with van der Waals surface area (Å²) in [5.74, 6) is -0.841. The summed E-state index contributed by atoms with van der Waals surface area (Å²) in [4.78, 5) is 0. The van der Waals surface area contributed by atoms with Gasteiger partial charge in [-0.1, -0.05) is 28.1 Å². The summed E-state index contributed by atoms with van der Waals surface area (Å²) >= 11 is 3.36. The van der Waals surface area contributed by atoms with E-state index >= 15 is 0 Å². The molecule has 0 atom stereocenters. The molecule has 22 heavy (non-hydrogen) atoms. The number of nitrogens with zero attached hydrogens (tertiary/aromatic N) is 4. The smallest absolute Gasteiger partial charge is 0.365 e. The quantitative estimate of drug-likeness (QED) is 0.765. The highest BCUT2D eigenvalue weighted by Crippen LogP contribution is 2.27. The first-order valence-electron chi connectivity index (χ1n) is 6.21. The van der Waals surface area contributed by atoms with E-state index in [1.807, 2.05) is 24.3 Å². The van der Waals surface area contributed by atoms with Crippen molar-refractivity contribution in [3.8, 4) is 0 Å². The van der Waals surface area contributed by atoms with E-state index in [9.17, 15) is 13.2 Å². The van der Waals surface area contributed by atoms with Gasteiger partial charge in [0.2, 0.25) is 0 Å². The SMILES string of the molecule is FC(F)(F)c1nnc2ccc(NCc3cccc(Br)c3)nn12. The van der Waals surface area contributed by atoms with Crippen LogP contribution in [0.5, 0.6) is 0 Å². The summed E-state index contributed by atoms with van der Waals surface area (Å²) in [7, 11) is 0. The molecule has 2 heterocycles. The highest BCUT2D eigenvalue weighted by Gasteiger charge is 2.37. The van der Waals surface area contributed by atoms with E-state index in [-0.39, 0.29) is 5.65 Å². The molecule has 1 N–H and O–H groups in total. The molecular weight excluding hydrogens is 363 g/mol. The third-order valence-corrected chi connectivity index (χ3v) is 3.37. The summed E-state index contributed by atoms with van der Waals surface area (Å²) in [5, 5.41) is 13.4. The minimum atomic E-state index is -4.60.